The van der Waals surface area contributed by atoms with Crippen LogP contribution < -0.4 is 0 Å². The third-order valence-electron chi connectivity index (χ3n) is 8.53. The predicted octanol–water partition coefficient (Wildman–Crippen LogP) is 4.72. The molecule has 174 valence electrons. The molecule has 1 aliphatic carbocycles. The number of likely N-dealkylation sites (N-methyl/N-ethyl adjacent to an activating group) is 1. The van der Waals surface area contributed by atoms with E-state index in [4.69, 9.17) is 0 Å². The van der Waals surface area contributed by atoms with Gasteiger partial charge in [-0.1, -0.05) is 61.4 Å². The topological polar surface area (TPSA) is 40.6 Å². The molecule has 2 aromatic carbocycles. The van der Waals surface area contributed by atoms with Crippen molar-refractivity contribution in [3.8, 4) is 0 Å². The lowest BCUT2D eigenvalue weighted by Gasteiger charge is -2.42. The summed E-state index contributed by atoms with van der Waals surface area (Å²) in [5.74, 6) is -0.00243. The zero-order valence-corrected chi connectivity index (χ0v) is 19.4. The number of halogens is 1. The molecular formula is C28H33FN2O2. The molecule has 1 atom stereocenters. The molecule has 1 unspecified atom stereocenters. The Labute approximate surface area is 195 Å². The molecule has 0 bridgehead atoms. The van der Waals surface area contributed by atoms with Crippen molar-refractivity contribution >= 4 is 11.8 Å². The van der Waals surface area contributed by atoms with Crippen LogP contribution in [0.2, 0.25) is 0 Å². The van der Waals surface area contributed by atoms with Gasteiger partial charge in [-0.15, -0.1) is 0 Å². The predicted molar refractivity (Wildman–Crippen MR) is 126 cm³/mol. The van der Waals surface area contributed by atoms with Crippen molar-refractivity contribution in [1.82, 2.24) is 9.80 Å². The maximum absolute atomic E-state index is 14.7. The second kappa shape index (κ2) is 8.58. The van der Waals surface area contributed by atoms with Crippen LogP contribution in [0.5, 0.6) is 0 Å². The fourth-order valence-corrected chi connectivity index (χ4v) is 6.60. The Morgan fingerprint density at radius 1 is 0.970 bits per heavy atom. The molecule has 4 nitrogen and oxygen atoms in total. The van der Waals surface area contributed by atoms with E-state index in [1.165, 1.54) is 11.6 Å². The first-order chi connectivity index (χ1) is 16.0. The van der Waals surface area contributed by atoms with Gasteiger partial charge in [0.05, 0.1) is 10.8 Å². The zero-order valence-electron chi connectivity index (χ0n) is 19.4. The van der Waals surface area contributed by atoms with Crippen LogP contribution in [0.25, 0.3) is 0 Å². The normalized spacial score (nSPS) is 23.9. The number of likely N-dealkylation sites (tertiary alicyclic amines) is 2. The fourth-order valence-electron chi connectivity index (χ4n) is 6.60. The van der Waals surface area contributed by atoms with Crippen LogP contribution in [0.4, 0.5) is 4.39 Å². The Hall–Kier alpha value is -2.69. The maximum atomic E-state index is 14.7. The fraction of sp³-hybridized carbons (Fsp3) is 0.500. The summed E-state index contributed by atoms with van der Waals surface area (Å²) in [6.07, 6.45) is 6.40. The van der Waals surface area contributed by atoms with Crippen LogP contribution in [0, 0.1) is 11.2 Å². The van der Waals surface area contributed by atoms with Crippen molar-refractivity contribution in [2.75, 3.05) is 20.1 Å². The maximum Gasteiger partial charge on any atom is 0.233 e. The monoisotopic (exact) mass is 448 g/mol. The first-order valence-corrected chi connectivity index (χ1v) is 12.3. The van der Waals surface area contributed by atoms with E-state index in [-0.39, 0.29) is 29.1 Å². The molecule has 0 N–H and O–H groups in total. The summed E-state index contributed by atoms with van der Waals surface area (Å²) in [5, 5.41) is 0. The van der Waals surface area contributed by atoms with Gasteiger partial charge in [-0.3, -0.25) is 9.59 Å². The molecule has 5 heteroatoms. The standard InChI is InChI=1S/C28H33FN2O2/c1-30-22(19-21-9-3-2-4-10-21)20-27(25(30)32)15-17-31(18-16-27)26(33)28(13-7-8-14-28)23-11-5-6-12-24(23)29/h2-6,9-12,22H,7-8,13-20H2,1H3. The summed E-state index contributed by atoms with van der Waals surface area (Å²) >= 11 is 0. The summed E-state index contributed by atoms with van der Waals surface area (Å²) < 4.78 is 14.7. The van der Waals surface area contributed by atoms with Gasteiger partial charge in [-0.2, -0.15) is 0 Å². The van der Waals surface area contributed by atoms with Gasteiger partial charge in [0.1, 0.15) is 5.82 Å². The van der Waals surface area contributed by atoms with Gasteiger partial charge in [-0.25, -0.2) is 4.39 Å². The lowest BCUT2D eigenvalue weighted by Crippen LogP contribution is -2.52. The minimum Gasteiger partial charge on any atom is -0.342 e. The second-order valence-corrected chi connectivity index (χ2v) is 10.3. The molecule has 5 rings (SSSR count). The molecule has 2 aliphatic heterocycles. The summed E-state index contributed by atoms with van der Waals surface area (Å²) in [5.41, 5.74) is 0.681. The number of nitrogens with zero attached hydrogens (tertiary/aromatic N) is 2. The average molecular weight is 449 g/mol. The molecular weight excluding hydrogens is 415 g/mol. The van der Waals surface area contributed by atoms with Gasteiger partial charge in [0.15, 0.2) is 0 Å². The summed E-state index contributed by atoms with van der Waals surface area (Å²) in [6.45, 7) is 1.15. The van der Waals surface area contributed by atoms with Crippen LogP contribution in [-0.2, 0) is 21.4 Å². The number of benzene rings is 2. The third kappa shape index (κ3) is 3.75. The molecule has 2 amide bonds. The van der Waals surface area contributed by atoms with Crippen LogP contribution in [-0.4, -0.2) is 47.8 Å². The van der Waals surface area contributed by atoms with Gasteiger partial charge >= 0.3 is 0 Å². The molecule has 2 aromatic rings. The zero-order chi connectivity index (χ0) is 23.1. The van der Waals surface area contributed by atoms with Crippen molar-refractivity contribution in [3.63, 3.8) is 0 Å². The third-order valence-corrected chi connectivity index (χ3v) is 8.53. The number of hydrogen-bond donors (Lipinski definition) is 0. The van der Waals surface area contributed by atoms with E-state index in [1.807, 2.05) is 41.1 Å². The Kier molecular flexibility index (Phi) is 5.75. The average Bonchev–Trinajstić information content (AvgIpc) is 3.42. The largest absolute Gasteiger partial charge is 0.342 e. The van der Waals surface area contributed by atoms with E-state index >= 15 is 0 Å². The molecule has 1 saturated carbocycles. The molecule has 1 spiro atoms. The van der Waals surface area contributed by atoms with Crippen molar-refractivity contribution in [1.29, 1.82) is 0 Å². The quantitative estimate of drug-likeness (QED) is 0.679. The first kappa shape index (κ1) is 22.1. The Balaban J connectivity index is 1.31. The number of carbonyl (C=O) groups is 2. The highest BCUT2D eigenvalue weighted by molar-refractivity contribution is 5.90. The molecule has 0 radical (unpaired) electrons. The number of rotatable bonds is 4. The Bertz CT molecular complexity index is 1020. The highest BCUT2D eigenvalue weighted by Gasteiger charge is 2.53. The SMILES string of the molecule is CN1C(=O)C2(CCN(C(=O)C3(c4ccccc4F)CCCC3)CC2)CC1Cc1ccccc1. The summed E-state index contributed by atoms with van der Waals surface area (Å²) in [7, 11) is 1.92. The van der Waals surface area contributed by atoms with E-state index in [1.54, 1.807) is 12.1 Å². The van der Waals surface area contributed by atoms with Crippen LogP contribution in [0.1, 0.15) is 56.1 Å². The van der Waals surface area contributed by atoms with E-state index in [0.29, 0.717) is 44.3 Å². The molecule has 2 saturated heterocycles. The lowest BCUT2D eigenvalue weighted by atomic mass is 9.73. The van der Waals surface area contributed by atoms with Gasteiger partial charge in [0, 0.05) is 31.7 Å². The molecule has 33 heavy (non-hydrogen) atoms. The van der Waals surface area contributed by atoms with Crippen molar-refractivity contribution in [3.05, 3.63) is 71.5 Å². The van der Waals surface area contributed by atoms with E-state index in [0.717, 1.165) is 25.7 Å². The van der Waals surface area contributed by atoms with Gasteiger partial charge in [0.2, 0.25) is 11.8 Å². The van der Waals surface area contributed by atoms with Crippen LogP contribution in [0.15, 0.2) is 54.6 Å². The Morgan fingerprint density at radius 2 is 1.61 bits per heavy atom. The van der Waals surface area contributed by atoms with Crippen molar-refractivity contribution in [2.45, 2.75) is 62.8 Å². The number of carbonyl (C=O) groups excluding carboxylic acids is 2. The molecule has 3 fully saturated rings. The number of piperidine rings is 1. The smallest absolute Gasteiger partial charge is 0.233 e. The van der Waals surface area contributed by atoms with E-state index in [9.17, 15) is 14.0 Å². The van der Waals surface area contributed by atoms with E-state index < -0.39 is 5.41 Å². The van der Waals surface area contributed by atoms with Crippen molar-refractivity contribution < 1.29 is 14.0 Å². The first-order valence-electron chi connectivity index (χ1n) is 12.3. The second-order valence-electron chi connectivity index (χ2n) is 10.3. The number of amides is 2. The van der Waals surface area contributed by atoms with Crippen LogP contribution >= 0.6 is 0 Å². The van der Waals surface area contributed by atoms with Crippen molar-refractivity contribution in [2.24, 2.45) is 5.41 Å². The summed E-state index contributed by atoms with van der Waals surface area (Å²) in [6, 6.07) is 17.3. The lowest BCUT2D eigenvalue weighted by molar-refractivity contribution is -0.145. The number of hydrogen-bond acceptors (Lipinski definition) is 2. The van der Waals surface area contributed by atoms with Gasteiger partial charge in [-0.05, 0) is 50.2 Å². The highest BCUT2D eigenvalue weighted by Crippen LogP contribution is 2.48. The highest BCUT2D eigenvalue weighted by atomic mass is 19.1. The minimum absolute atomic E-state index is 0.0552. The van der Waals surface area contributed by atoms with Gasteiger partial charge < -0.3 is 9.80 Å². The molecule has 2 heterocycles. The van der Waals surface area contributed by atoms with Crippen LogP contribution in [0.3, 0.4) is 0 Å². The van der Waals surface area contributed by atoms with E-state index in [2.05, 4.69) is 12.1 Å². The van der Waals surface area contributed by atoms with Gasteiger partial charge in [0.25, 0.3) is 0 Å². The molecule has 0 aromatic heterocycles. The minimum atomic E-state index is -0.748. The molecule has 3 aliphatic rings. The Morgan fingerprint density at radius 3 is 2.27 bits per heavy atom. The summed E-state index contributed by atoms with van der Waals surface area (Å²) in [4.78, 5) is 31.0.